The summed E-state index contributed by atoms with van der Waals surface area (Å²) >= 11 is 0. The van der Waals surface area contributed by atoms with Crippen molar-refractivity contribution in [1.29, 1.82) is 0 Å². The average Bonchev–Trinajstić information content (AvgIpc) is 2.63. The third kappa shape index (κ3) is 1.87. The molecule has 1 aromatic heterocycles. The highest BCUT2D eigenvalue weighted by Crippen LogP contribution is 2.24. The first-order chi connectivity index (χ1) is 7.14. The van der Waals surface area contributed by atoms with Gasteiger partial charge in [0.2, 0.25) is 5.90 Å². The smallest absolute Gasteiger partial charge is 0.236 e. The van der Waals surface area contributed by atoms with Crippen LogP contribution in [-0.2, 0) is 4.74 Å². The minimum absolute atomic E-state index is 0.0701. The lowest BCUT2D eigenvalue weighted by Crippen LogP contribution is -2.21. The molecule has 2 rings (SSSR count). The van der Waals surface area contributed by atoms with E-state index < -0.39 is 0 Å². The van der Waals surface area contributed by atoms with Gasteiger partial charge < -0.3 is 4.74 Å². The molecule has 3 nitrogen and oxygen atoms in total. The van der Waals surface area contributed by atoms with Crippen molar-refractivity contribution in [2.24, 2.45) is 4.99 Å². The largest absolute Gasteiger partial charge is 0.474 e. The third-order valence-corrected chi connectivity index (χ3v) is 2.86. The molecule has 0 radical (unpaired) electrons. The lowest BCUT2D eigenvalue weighted by molar-refractivity contribution is 0.262. The van der Waals surface area contributed by atoms with Gasteiger partial charge in [-0.2, -0.15) is 0 Å². The van der Waals surface area contributed by atoms with Crippen LogP contribution < -0.4 is 0 Å². The fourth-order valence-corrected chi connectivity index (χ4v) is 1.55. The number of pyridine rings is 1. The Hall–Kier alpha value is -1.38. The van der Waals surface area contributed by atoms with E-state index in [1.807, 2.05) is 19.1 Å². The van der Waals surface area contributed by atoms with Crippen LogP contribution in [0, 0.1) is 6.92 Å². The van der Waals surface area contributed by atoms with Crippen molar-refractivity contribution >= 4 is 5.90 Å². The Morgan fingerprint density at radius 1 is 1.53 bits per heavy atom. The van der Waals surface area contributed by atoms with Crippen LogP contribution in [0.2, 0.25) is 0 Å². The monoisotopic (exact) mass is 204 g/mol. The number of rotatable bonds is 2. The Morgan fingerprint density at radius 3 is 2.93 bits per heavy atom. The topological polar surface area (TPSA) is 34.5 Å². The molecule has 1 aliphatic heterocycles. The SMILES string of the molecule is CCC1(C)COC(c2ncccc2C)=N1. The summed E-state index contributed by atoms with van der Waals surface area (Å²) in [4.78, 5) is 8.91. The molecular weight excluding hydrogens is 188 g/mol. The predicted octanol–water partition coefficient (Wildman–Crippen LogP) is 2.34. The highest BCUT2D eigenvalue weighted by Gasteiger charge is 2.31. The molecule has 0 saturated carbocycles. The minimum atomic E-state index is -0.0701. The van der Waals surface area contributed by atoms with E-state index in [0.717, 1.165) is 17.7 Å². The summed E-state index contributed by atoms with van der Waals surface area (Å²) in [6.45, 7) is 6.92. The molecule has 0 fully saturated rings. The van der Waals surface area contributed by atoms with E-state index in [2.05, 4.69) is 23.8 Å². The second kappa shape index (κ2) is 3.65. The molecule has 1 aliphatic rings. The first-order valence-corrected chi connectivity index (χ1v) is 5.29. The molecule has 3 heteroatoms. The highest BCUT2D eigenvalue weighted by atomic mass is 16.5. The van der Waals surface area contributed by atoms with Gasteiger partial charge in [-0.1, -0.05) is 13.0 Å². The Bertz CT molecular complexity index is 400. The first-order valence-electron chi connectivity index (χ1n) is 5.29. The van der Waals surface area contributed by atoms with E-state index in [1.165, 1.54) is 0 Å². The summed E-state index contributed by atoms with van der Waals surface area (Å²) in [6.07, 6.45) is 2.76. The summed E-state index contributed by atoms with van der Waals surface area (Å²) in [5.74, 6) is 0.692. The number of nitrogens with zero attached hydrogens (tertiary/aromatic N) is 2. The maximum atomic E-state index is 5.61. The van der Waals surface area contributed by atoms with E-state index in [0.29, 0.717) is 12.5 Å². The number of aliphatic imine (C=N–C) groups is 1. The molecule has 15 heavy (non-hydrogen) atoms. The maximum absolute atomic E-state index is 5.61. The van der Waals surface area contributed by atoms with Crippen molar-refractivity contribution < 1.29 is 4.74 Å². The molecule has 1 atom stereocenters. The Morgan fingerprint density at radius 2 is 2.33 bits per heavy atom. The molecule has 2 heterocycles. The van der Waals surface area contributed by atoms with Crippen LogP contribution in [0.25, 0.3) is 0 Å². The molecule has 0 N–H and O–H groups in total. The number of aryl methyl sites for hydroxylation is 1. The van der Waals surface area contributed by atoms with Crippen LogP contribution >= 0.6 is 0 Å². The second-order valence-corrected chi connectivity index (χ2v) is 4.23. The van der Waals surface area contributed by atoms with Crippen molar-refractivity contribution in [3.05, 3.63) is 29.6 Å². The normalized spacial score (nSPS) is 24.9. The molecule has 0 saturated heterocycles. The standard InChI is InChI=1S/C12H16N2O/c1-4-12(3)8-15-11(14-12)10-9(2)6-5-7-13-10/h5-7H,4,8H2,1-3H3. The van der Waals surface area contributed by atoms with Crippen LogP contribution in [0.3, 0.4) is 0 Å². The van der Waals surface area contributed by atoms with Gasteiger partial charge in [0, 0.05) is 6.20 Å². The summed E-state index contributed by atoms with van der Waals surface area (Å²) < 4.78 is 5.61. The molecule has 0 aromatic carbocycles. The summed E-state index contributed by atoms with van der Waals surface area (Å²) in [5.41, 5.74) is 1.91. The summed E-state index contributed by atoms with van der Waals surface area (Å²) in [7, 11) is 0. The zero-order valence-electron chi connectivity index (χ0n) is 9.45. The van der Waals surface area contributed by atoms with E-state index in [-0.39, 0.29) is 5.54 Å². The van der Waals surface area contributed by atoms with E-state index in [4.69, 9.17) is 4.74 Å². The Balaban J connectivity index is 2.35. The van der Waals surface area contributed by atoms with Crippen LogP contribution in [-0.4, -0.2) is 23.0 Å². The number of ether oxygens (including phenoxy) is 1. The van der Waals surface area contributed by atoms with Crippen LogP contribution in [0.5, 0.6) is 0 Å². The lowest BCUT2D eigenvalue weighted by Gasteiger charge is -2.13. The van der Waals surface area contributed by atoms with Gasteiger partial charge in [-0.3, -0.25) is 4.98 Å². The van der Waals surface area contributed by atoms with Crippen molar-refractivity contribution in [3.8, 4) is 0 Å². The molecular formula is C12H16N2O. The number of hydrogen-bond acceptors (Lipinski definition) is 3. The molecule has 0 spiro atoms. The van der Waals surface area contributed by atoms with E-state index in [1.54, 1.807) is 6.20 Å². The highest BCUT2D eigenvalue weighted by molar-refractivity contribution is 5.94. The van der Waals surface area contributed by atoms with Crippen LogP contribution in [0.1, 0.15) is 31.5 Å². The molecule has 0 amide bonds. The molecule has 1 aromatic rings. The van der Waals surface area contributed by atoms with E-state index in [9.17, 15) is 0 Å². The first kappa shape index (κ1) is 10.1. The van der Waals surface area contributed by atoms with Gasteiger partial charge >= 0.3 is 0 Å². The summed E-state index contributed by atoms with van der Waals surface area (Å²) in [6, 6.07) is 3.95. The van der Waals surface area contributed by atoms with Crippen molar-refractivity contribution in [2.45, 2.75) is 32.7 Å². The molecule has 0 bridgehead atoms. The Kier molecular flexibility index (Phi) is 2.47. The van der Waals surface area contributed by atoms with Gasteiger partial charge in [0.05, 0.1) is 5.54 Å². The lowest BCUT2D eigenvalue weighted by atomic mass is 10.0. The van der Waals surface area contributed by atoms with Crippen molar-refractivity contribution in [2.75, 3.05) is 6.61 Å². The minimum Gasteiger partial charge on any atom is -0.474 e. The van der Waals surface area contributed by atoms with Gasteiger partial charge in [-0.05, 0) is 31.9 Å². The molecule has 80 valence electrons. The predicted molar refractivity (Wildman–Crippen MR) is 60.2 cm³/mol. The molecule has 1 unspecified atom stereocenters. The Labute approximate surface area is 90.2 Å². The fraction of sp³-hybridized carbons (Fsp3) is 0.500. The zero-order chi connectivity index (χ0) is 10.9. The average molecular weight is 204 g/mol. The van der Waals surface area contributed by atoms with Gasteiger partial charge in [0.1, 0.15) is 12.3 Å². The number of aromatic nitrogens is 1. The van der Waals surface area contributed by atoms with Crippen LogP contribution in [0.15, 0.2) is 23.3 Å². The van der Waals surface area contributed by atoms with Gasteiger partial charge in [-0.15, -0.1) is 0 Å². The second-order valence-electron chi connectivity index (χ2n) is 4.23. The third-order valence-electron chi connectivity index (χ3n) is 2.86. The quantitative estimate of drug-likeness (QED) is 0.741. The van der Waals surface area contributed by atoms with Gasteiger partial charge in [0.25, 0.3) is 0 Å². The maximum Gasteiger partial charge on any atom is 0.236 e. The van der Waals surface area contributed by atoms with Crippen molar-refractivity contribution in [3.63, 3.8) is 0 Å². The van der Waals surface area contributed by atoms with Crippen molar-refractivity contribution in [1.82, 2.24) is 4.98 Å². The molecule has 0 aliphatic carbocycles. The van der Waals surface area contributed by atoms with Gasteiger partial charge in [-0.25, -0.2) is 4.99 Å². The summed E-state index contributed by atoms with van der Waals surface area (Å²) in [5, 5.41) is 0. The van der Waals surface area contributed by atoms with E-state index >= 15 is 0 Å². The fourth-order valence-electron chi connectivity index (χ4n) is 1.55. The van der Waals surface area contributed by atoms with Crippen LogP contribution in [0.4, 0.5) is 0 Å². The van der Waals surface area contributed by atoms with Gasteiger partial charge in [0.15, 0.2) is 0 Å². The number of hydrogen-bond donors (Lipinski definition) is 0. The zero-order valence-corrected chi connectivity index (χ0v) is 9.45.